The fraction of sp³-hybridized carbons (Fsp3) is 0. The highest BCUT2D eigenvalue weighted by Crippen LogP contribution is 2.28. The van der Waals surface area contributed by atoms with Gasteiger partial charge in [0.2, 0.25) is 0 Å². The van der Waals surface area contributed by atoms with Crippen molar-refractivity contribution in [2.24, 2.45) is 0 Å². The zero-order valence-electron chi connectivity index (χ0n) is 9.68. The van der Waals surface area contributed by atoms with Gasteiger partial charge in [-0.05, 0) is 36.4 Å². The van der Waals surface area contributed by atoms with E-state index in [-0.39, 0.29) is 0 Å². The van der Waals surface area contributed by atoms with Crippen molar-refractivity contribution in [2.45, 2.75) is 0 Å². The predicted octanol–water partition coefficient (Wildman–Crippen LogP) is 4.14. The zero-order valence-corrected chi connectivity index (χ0v) is 11.2. The Kier molecular flexibility index (Phi) is 3.01. The lowest BCUT2D eigenvalue weighted by Crippen LogP contribution is -1.92. The van der Waals surface area contributed by atoms with Gasteiger partial charge in [0, 0.05) is 11.3 Å². The number of hydrogen-bond donors (Lipinski definition) is 0. The lowest BCUT2D eigenvalue weighted by atomic mass is 10.2. The molecule has 0 unspecified atom stereocenters. The minimum atomic E-state index is 0.482. The average molecular weight is 291 g/mol. The molecule has 0 bridgehead atoms. The fourth-order valence-corrected chi connectivity index (χ4v) is 2.24. The summed E-state index contributed by atoms with van der Waals surface area (Å²) in [5.41, 5.74) is 3.18. The number of carbonyl (C=O) groups excluding carboxylic acids is 1. The molecule has 3 aromatic rings. The molecule has 19 heavy (non-hydrogen) atoms. The topological polar surface area (TPSA) is 34.9 Å². The van der Waals surface area contributed by atoms with E-state index in [0.717, 1.165) is 23.0 Å². The van der Waals surface area contributed by atoms with E-state index in [1.807, 2.05) is 16.7 Å². The highest BCUT2D eigenvalue weighted by molar-refractivity contribution is 6.42. The molecule has 0 amide bonds. The van der Waals surface area contributed by atoms with Crippen LogP contribution in [0.15, 0.2) is 42.7 Å². The number of benzene rings is 2. The predicted molar refractivity (Wildman–Crippen MR) is 76.5 cm³/mol. The lowest BCUT2D eigenvalue weighted by molar-refractivity contribution is 0.112. The van der Waals surface area contributed by atoms with Crippen LogP contribution in [-0.4, -0.2) is 15.8 Å². The molecular weight excluding hydrogens is 283 g/mol. The molecule has 0 saturated heterocycles. The summed E-state index contributed by atoms with van der Waals surface area (Å²) in [6.45, 7) is 0. The summed E-state index contributed by atoms with van der Waals surface area (Å²) in [6.07, 6.45) is 2.51. The Morgan fingerprint density at radius 2 is 1.74 bits per heavy atom. The Bertz CT molecular complexity index is 763. The molecule has 3 rings (SSSR count). The van der Waals surface area contributed by atoms with Crippen LogP contribution >= 0.6 is 23.2 Å². The number of aromatic nitrogens is 2. The van der Waals surface area contributed by atoms with Gasteiger partial charge in [-0.15, -0.1) is 0 Å². The Labute approximate surface area is 119 Å². The van der Waals surface area contributed by atoms with Crippen molar-refractivity contribution in [2.75, 3.05) is 0 Å². The van der Waals surface area contributed by atoms with Crippen molar-refractivity contribution in [1.29, 1.82) is 0 Å². The van der Waals surface area contributed by atoms with E-state index in [2.05, 4.69) is 4.98 Å². The van der Waals surface area contributed by atoms with Crippen molar-refractivity contribution < 1.29 is 4.79 Å². The van der Waals surface area contributed by atoms with Gasteiger partial charge in [0.15, 0.2) is 0 Å². The summed E-state index contributed by atoms with van der Waals surface area (Å²) in [5.74, 6) is 0. The monoisotopic (exact) mass is 290 g/mol. The molecule has 0 aliphatic rings. The molecule has 0 N–H and O–H groups in total. The third kappa shape index (κ3) is 2.11. The van der Waals surface area contributed by atoms with Crippen LogP contribution in [0.1, 0.15) is 10.4 Å². The van der Waals surface area contributed by atoms with Crippen molar-refractivity contribution >= 4 is 40.5 Å². The first kappa shape index (κ1) is 12.2. The standard InChI is InChI=1S/C14H8Cl2N2O/c15-11-5-13-14(6-12(11)16)18(8-17-13)10-3-1-9(7-19)2-4-10/h1-8H. The number of nitrogens with zero attached hydrogens (tertiary/aromatic N) is 2. The summed E-state index contributed by atoms with van der Waals surface area (Å²) in [5, 5.41) is 0.969. The maximum absolute atomic E-state index is 10.6. The molecule has 0 saturated carbocycles. The minimum absolute atomic E-state index is 0.482. The maximum Gasteiger partial charge on any atom is 0.150 e. The third-order valence-electron chi connectivity index (χ3n) is 2.90. The third-order valence-corrected chi connectivity index (χ3v) is 3.62. The van der Waals surface area contributed by atoms with E-state index in [4.69, 9.17) is 23.2 Å². The average Bonchev–Trinajstić information content (AvgIpc) is 2.82. The Morgan fingerprint density at radius 3 is 2.42 bits per heavy atom. The van der Waals surface area contributed by atoms with Gasteiger partial charge in [0.1, 0.15) is 12.6 Å². The SMILES string of the molecule is O=Cc1ccc(-n2cnc3cc(Cl)c(Cl)cc32)cc1. The van der Waals surface area contributed by atoms with Crippen LogP contribution in [0.25, 0.3) is 16.7 Å². The van der Waals surface area contributed by atoms with Crippen LogP contribution in [0.3, 0.4) is 0 Å². The van der Waals surface area contributed by atoms with Crippen molar-refractivity contribution in [3.8, 4) is 5.69 Å². The first-order valence-corrected chi connectivity index (χ1v) is 6.32. The summed E-state index contributed by atoms with van der Waals surface area (Å²) in [7, 11) is 0. The van der Waals surface area contributed by atoms with Gasteiger partial charge in [-0.2, -0.15) is 0 Å². The minimum Gasteiger partial charge on any atom is -0.299 e. The van der Waals surface area contributed by atoms with Crippen molar-refractivity contribution in [1.82, 2.24) is 9.55 Å². The molecule has 1 heterocycles. The Balaban J connectivity index is 2.18. The highest BCUT2D eigenvalue weighted by atomic mass is 35.5. The van der Waals surface area contributed by atoms with E-state index in [1.165, 1.54) is 0 Å². The number of halogens is 2. The van der Waals surface area contributed by atoms with Crippen molar-refractivity contribution in [3.63, 3.8) is 0 Å². The van der Waals surface area contributed by atoms with Gasteiger partial charge in [-0.1, -0.05) is 23.2 Å². The van der Waals surface area contributed by atoms with Crippen LogP contribution in [0.2, 0.25) is 10.0 Å². The van der Waals surface area contributed by atoms with Crippen molar-refractivity contribution in [3.05, 3.63) is 58.3 Å². The summed E-state index contributed by atoms with van der Waals surface area (Å²) in [4.78, 5) is 14.9. The molecule has 1 aromatic heterocycles. The molecule has 0 radical (unpaired) electrons. The van der Waals surface area contributed by atoms with E-state index in [0.29, 0.717) is 15.6 Å². The molecule has 3 nitrogen and oxygen atoms in total. The van der Waals surface area contributed by atoms with E-state index >= 15 is 0 Å². The van der Waals surface area contributed by atoms with Gasteiger partial charge in [-0.3, -0.25) is 9.36 Å². The van der Waals surface area contributed by atoms with Crippen LogP contribution in [-0.2, 0) is 0 Å². The quantitative estimate of drug-likeness (QED) is 0.665. The first-order chi connectivity index (χ1) is 9.19. The zero-order chi connectivity index (χ0) is 13.4. The molecule has 0 spiro atoms. The molecule has 0 aliphatic heterocycles. The van der Waals surface area contributed by atoms with E-state index < -0.39 is 0 Å². The lowest BCUT2D eigenvalue weighted by Gasteiger charge is -2.05. The van der Waals surface area contributed by atoms with Gasteiger partial charge < -0.3 is 0 Å². The molecule has 0 aliphatic carbocycles. The summed E-state index contributed by atoms with van der Waals surface area (Å²) >= 11 is 12.0. The molecular formula is C14H8Cl2N2O. The normalized spacial score (nSPS) is 10.8. The fourth-order valence-electron chi connectivity index (χ4n) is 1.92. The number of rotatable bonds is 2. The smallest absolute Gasteiger partial charge is 0.150 e. The van der Waals surface area contributed by atoms with Crippen LogP contribution in [0.4, 0.5) is 0 Å². The summed E-state index contributed by atoms with van der Waals surface area (Å²) in [6, 6.07) is 10.7. The molecule has 2 aromatic carbocycles. The molecule has 0 atom stereocenters. The van der Waals surface area contributed by atoms with Gasteiger partial charge >= 0.3 is 0 Å². The largest absolute Gasteiger partial charge is 0.299 e. The van der Waals surface area contributed by atoms with Crippen LogP contribution in [0, 0.1) is 0 Å². The molecule has 5 heteroatoms. The number of fused-ring (bicyclic) bond motifs is 1. The Hall–Kier alpha value is -1.84. The van der Waals surface area contributed by atoms with Crippen LogP contribution < -0.4 is 0 Å². The van der Waals surface area contributed by atoms with E-state index in [1.54, 1.807) is 30.6 Å². The second-order valence-electron chi connectivity index (χ2n) is 4.08. The second-order valence-corrected chi connectivity index (χ2v) is 4.89. The number of imidazole rings is 1. The number of aldehydes is 1. The highest BCUT2D eigenvalue weighted by Gasteiger charge is 2.08. The van der Waals surface area contributed by atoms with Gasteiger partial charge in [-0.25, -0.2) is 4.98 Å². The number of carbonyl (C=O) groups is 1. The second kappa shape index (κ2) is 4.68. The van der Waals surface area contributed by atoms with Gasteiger partial charge in [0.25, 0.3) is 0 Å². The van der Waals surface area contributed by atoms with Gasteiger partial charge in [0.05, 0.1) is 21.1 Å². The number of hydrogen-bond acceptors (Lipinski definition) is 2. The van der Waals surface area contributed by atoms with E-state index in [9.17, 15) is 4.79 Å². The Morgan fingerprint density at radius 1 is 1.05 bits per heavy atom. The molecule has 94 valence electrons. The summed E-state index contributed by atoms with van der Waals surface area (Å²) < 4.78 is 1.89. The first-order valence-electron chi connectivity index (χ1n) is 5.57. The van der Waals surface area contributed by atoms with Crippen LogP contribution in [0.5, 0.6) is 0 Å². The maximum atomic E-state index is 10.6. The molecule has 0 fully saturated rings.